The molecule has 3 heterocycles. The van der Waals surface area contributed by atoms with Crippen molar-refractivity contribution in [1.29, 1.82) is 0 Å². The molecule has 5 rings (SSSR count). The van der Waals surface area contributed by atoms with E-state index in [4.69, 9.17) is 23.2 Å². The van der Waals surface area contributed by atoms with Crippen LogP contribution in [0.15, 0.2) is 59.7 Å². The third-order valence-corrected chi connectivity index (χ3v) is 7.30. The van der Waals surface area contributed by atoms with Crippen molar-refractivity contribution in [3.8, 4) is 5.69 Å². The summed E-state index contributed by atoms with van der Waals surface area (Å²) in [7, 11) is 0. The number of carbonyl (C=O) groups is 1. The topological polar surface area (TPSA) is 81.8 Å². The number of para-hydroxylation sites is 1. The Hall–Kier alpha value is -3.37. The maximum atomic E-state index is 13.5. The minimum atomic E-state index is -4.78. The number of nitrogens with one attached hydrogen (secondary N) is 1. The Morgan fingerprint density at radius 3 is 2.50 bits per heavy atom. The maximum Gasteiger partial charge on any atom is 0.434 e. The molecule has 4 aromatic rings. The molecule has 38 heavy (non-hydrogen) atoms. The number of benzene rings is 1. The van der Waals surface area contributed by atoms with Crippen LogP contribution in [0.2, 0.25) is 10.0 Å². The molecule has 0 saturated heterocycles. The first-order valence-electron chi connectivity index (χ1n) is 12.0. The van der Waals surface area contributed by atoms with Crippen molar-refractivity contribution in [3.63, 3.8) is 0 Å². The number of hydrogen-bond donors (Lipinski definition) is 1. The van der Waals surface area contributed by atoms with Crippen molar-refractivity contribution in [3.05, 3.63) is 86.6 Å². The molecule has 1 N–H and O–H groups in total. The molecule has 0 atom stereocenters. The summed E-state index contributed by atoms with van der Waals surface area (Å²) in [6, 6.07) is 11.3. The summed E-state index contributed by atoms with van der Waals surface area (Å²) in [4.78, 5) is 33.9. The summed E-state index contributed by atoms with van der Waals surface area (Å²) in [5.41, 5.74) is -0.394. The lowest BCUT2D eigenvalue weighted by atomic mass is 9.85. The van der Waals surface area contributed by atoms with E-state index in [0.717, 1.165) is 12.3 Å². The second-order valence-electron chi connectivity index (χ2n) is 9.26. The molecule has 3 aromatic heterocycles. The summed E-state index contributed by atoms with van der Waals surface area (Å²) >= 11 is 12.2. The lowest BCUT2D eigenvalue weighted by Gasteiger charge is -2.29. The molecule has 198 valence electrons. The Morgan fingerprint density at radius 1 is 1.05 bits per heavy atom. The molecule has 1 saturated carbocycles. The summed E-state index contributed by atoms with van der Waals surface area (Å²) in [6.45, 7) is 0.440. The van der Waals surface area contributed by atoms with Crippen LogP contribution in [0.25, 0.3) is 16.9 Å². The highest BCUT2D eigenvalue weighted by Gasteiger charge is 2.38. The first-order valence-corrected chi connectivity index (χ1v) is 12.7. The number of halogens is 5. The molecule has 1 aliphatic rings. The van der Waals surface area contributed by atoms with E-state index in [9.17, 15) is 22.8 Å². The van der Waals surface area contributed by atoms with Crippen molar-refractivity contribution in [1.82, 2.24) is 24.4 Å². The van der Waals surface area contributed by atoms with Crippen molar-refractivity contribution in [2.24, 2.45) is 5.92 Å². The average Bonchev–Trinajstić information content (AvgIpc) is 3.15. The molecule has 0 spiro atoms. The van der Waals surface area contributed by atoms with E-state index in [-0.39, 0.29) is 22.7 Å². The number of imidazole rings is 1. The minimum absolute atomic E-state index is 0.0530. The number of hydrogen-bond acceptors (Lipinski definition) is 4. The van der Waals surface area contributed by atoms with Crippen LogP contribution < -0.4 is 11.0 Å². The Labute approximate surface area is 225 Å². The van der Waals surface area contributed by atoms with Gasteiger partial charge in [0.15, 0.2) is 11.3 Å². The van der Waals surface area contributed by atoms with Gasteiger partial charge in [0.2, 0.25) is 0 Å². The van der Waals surface area contributed by atoms with E-state index in [0.29, 0.717) is 54.1 Å². The zero-order valence-corrected chi connectivity index (χ0v) is 21.4. The van der Waals surface area contributed by atoms with Gasteiger partial charge in [-0.05, 0) is 61.9 Å². The van der Waals surface area contributed by atoms with Crippen LogP contribution in [0.3, 0.4) is 0 Å². The maximum absolute atomic E-state index is 13.5. The second kappa shape index (κ2) is 10.4. The Bertz CT molecular complexity index is 1560. The number of amides is 1. The Balaban J connectivity index is 1.31. The number of carbonyl (C=O) groups excluding carboxylic acids is 1. The van der Waals surface area contributed by atoms with E-state index in [1.807, 2.05) is 6.07 Å². The fourth-order valence-corrected chi connectivity index (χ4v) is 5.34. The monoisotopic (exact) mass is 563 g/mol. The highest BCUT2D eigenvalue weighted by molar-refractivity contribution is 6.32. The number of alkyl halides is 3. The molecule has 0 unspecified atom stereocenters. The van der Waals surface area contributed by atoms with Crippen LogP contribution in [0.5, 0.6) is 0 Å². The Morgan fingerprint density at radius 2 is 1.79 bits per heavy atom. The normalized spacial score (nSPS) is 18.0. The van der Waals surface area contributed by atoms with Gasteiger partial charge in [0.05, 0.1) is 26.8 Å². The number of aromatic nitrogens is 4. The zero-order valence-electron chi connectivity index (χ0n) is 19.9. The van der Waals surface area contributed by atoms with Gasteiger partial charge in [0.1, 0.15) is 0 Å². The smallest absolute Gasteiger partial charge is 0.349 e. The van der Waals surface area contributed by atoms with Gasteiger partial charge < -0.3 is 5.32 Å². The van der Waals surface area contributed by atoms with Gasteiger partial charge in [-0.2, -0.15) is 13.2 Å². The van der Waals surface area contributed by atoms with Gasteiger partial charge >= 0.3 is 11.9 Å². The molecule has 1 amide bonds. The second-order valence-corrected chi connectivity index (χ2v) is 10.1. The lowest BCUT2D eigenvalue weighted by molar-refractivity contribution is -0.141. The molecule has 7 nitrogen and oxygen atoms in total. The van der Waals surface area contributed by atoms with Crippen molar-refractivity contribution in [2.75, 3.05) is 0 Å². The largest absolute Gasteiger partial charge is 0.434 e. The van der Waals surface area contributed by atoms with Crippen molar-refractivity contribution in [2.45, 2.75) is 44.4 Å². The van der Waals surface area contributed by atoms with Gasteiger partial charge in [0, 0.05) is 25.0 Å². The van der Waals surface area contributed by atoms with E-state index < -0.39 is 23.3 Å². The van der Waals surface area contributed by atoms with E-state index >= 15 is 0 Å². The fourth-order valence-electron chi connectivity index (χ4n) is 4.96. The number of nitrogens with zero attached hydrogens (tertiary/aromatic N) is 4. The van der Waals surface area contributed by atoms with Crippen molar-refractivity contribution >= 4 is 40.3 Å². The van der Waals surface area contributed by atoms with Gasteiger partial charge in [-0.25, -0.2) is 19.3 Å². The summed E-state index contributed by atoms with van der Waals surface area (Å²) in [6.07, 6.45) is 0.177. The molecular weight excluding hydrogens is 542 g/mol. The predicted octanol–water partition coefficient (Wildman–Crippen LogP) is 5.90. The van der Waals surface area contributed by atoms with Crippen LogP contribution in [-0.2, 0) is 12.7 Å². The van der Waals surface area contributed by atoms with Crippen LogP contribution in [-0.4, -0.2) is 31.1 Å². The van der Waals surface area contributed by atoms with Crippen LogP contribution in [0.1, 0.15) is 41.7 Å². The first kappa shape index (κ1) is 26.2. The molecule has 1 aliphatic carbocycles. The highest BCUT2D eigenvalue weighted by Crippen LogP contribution is 2.32. The quantitative estimate of drug-likeness (QED) is 0.328. The first-order chi connectivity index (χ1) is 18.1. The van der Waals surface area contributed by atoms with E-state index in [1.54, 1.807) is 41.1 Å². The molecule has 0 aliphatic heterocycles. The molecule has 0 radical (unpaired) electrons. The van der Waals surface area contributed by atoms with Crippen LogP contribution in [0.4, 0.5) is 13.2 Å². The minimum Gasteiger partial charge on any atom is -0.349 e. The van der Waals surface area contributed by atoms with Crippen LogP contribution in [0, 0.1) is 5.92 Å². The molecule has 1 aromatic carbocycles. The third-order valence-electron chi connectivity index (χ3n) is 6.77. The van der Waals surface area contributed by atoms with Gasteiger partial charge in [-0.15, -0.1) is 0 Å². The summed E-state index contributed by atoms with van der Waals surface area (Å²) < 4.78 is 43.2. The van der Waals surface area contributed by atoms with Gasteiger partial charge in [-0.3, -0.25) is 9.36 Å². The van der Waals surface area contributed by atoms with E-state index in [1.165, 1.54) is 4.57 Å². The zero-order chi connectivity index (χ0) is 27.0. The van der Waals surface area contributed by atoms with Gasteiger partial charge in [-0.1, -0.05) is 35.3 Å². The number of fused-ring (bicyclic) bond motifs is 1. The fraction of sp³-hybridized carbons (Fsp3) is 0.308. The number of pyridine rings is 2. The third kappa shape index (κ3) is 5.15. The standard InChI is InChI=1S/C26H22Cl2F3N5O2/c27-16-12-18(22(33-13-16)26(29,30)31)24(37)34-17-9-7-15(8-10-17)14-35-21-6-3-11-32-23(21)36(25(35)38)20-5-2-1-4-19(20)28/h1-6,11-13,15,17H,7-10,14H2,(H,34,37)/t15-,17-. The number of rotatable bonds is 5. The summed E-state index contributed by atoms with van der Waals surface area (Å²) in [5, 5.41) is 3.07. The highest BCUT2D eigenvalue weighted by atomic mass is 35.5. The Kier molecular flexibility index (Phi) is 7.19. The molecule has 1 fully saturated rings. The molecular formula is C26H22Cl2F3N5O2. The molecule has 0 bridgehead atoms. The predicted molar refractivity (Wildman–Crippen MR) is 138 cm³/mol. The van der Waals surface area contributed by atoms with Gasteiger partial charge in [0.25, 0.3) is 5.91 Å². The van der Waals surface area contributed by atoms with E-state index in [2.05, 4.69) is 15.3 Å². The lowest BCUT2D eigenvalue weighted by Crippen LogP contribution is -2.39. The van der Waals surface area contributed by atoms with Crippen LogP contribution >= 0.6 is 23.2 Å². The summed E-state index contributed by atoms with van der Waals surface area (Å²) in [5.74, 6) is -0.731. The van der Waals surface area contributed by atoms with Crippen molar-refractivity contribution < 1.29 is 18.0 Å². The average molecular weight is 564 g/mol. The SMILES string of the molecule is O=C(N[C@H]1CC[C@H](Cn2c(=O)n(-c3ccccc3Cl)c3ncccc32)CC1)c1cc(Cl)cnc1C(F)(F)F. The molecule has 12 heteroatoms.